The van der Waals surface area contributed by atoms with Crippen LogP contribution in [0.5, 0.6) is 5.75 Å². The van der Waals surface area contributed by atoms with E-state index in [1.807, 2.05) is 73.7 Å². The second kappa shape index (κ2) is 6.31. The predicted octanol–water partition coefficient (Wildman–Crippen LogP) is 3.89. The predicted molar refractivity (Wildman–Crippen MR) is 96.0 cm³/mol. The van der Waals surface area contributed by atoms with Crippen molar-refractivity contribution in [2.45, 2.75) is 6.92 Å². The maximum atomic E-state index is 13.7. The molecule has 0 saturated heterocycles. The molecule has 23 heavy (non-hydrogen) atoms. The number of rotatable bonds is 4. The smallest absolute Gasteiger partial charge is 0.306 e. The van der Waals surface area contributed by atoms with E-state index in [1.54, 1.807) is 12.1 Å². The van der Waals surface area contributed by atoms with Crippen LogP contribution in [-0.4, -0.2) is 0 Å². The second-order valence-electron chi connectivity index (χ2n) is 5.33. The Bertz CT molecular complexity index is 804. The number of aryl methyl sites for hydroxylation is 1. The van der Waals surface area contributed by atoms with E-state index in [4.69, 9.17) is 10.3 Å². The molecule has 0 radical (unpaired) electrons. The molecule has 0 heterocycles. The molecule has 0 saturated carbocycles. The van der Waals surface area contributed by atoms with Gasteiger partial charge in [-0.1, -0.05) is 36.4 Å². The van der Waals surface area contributed by atoms with Crippen molar-refractivity contribution in [3.8, 4) is 5.75 Å². The van der Waals surface area contributed by atoms with Gasteiger partial charge in [-0.15, -0.1) is 0 Å². The van der Waals surface area contributed by atoms with Crippen molar-refractivity contribution < 1.29 is 9.09 Å². The highest BCUT2D eigenvalue weighted by atomic mass is 31.2. The van der Waals surface area contributed by atoms with Gasteiger partial charge in [-0.25, -0.2) is 0 Å². The molecule has 0 aliphatic rings. The Balaban J connectivity index is 2.09. The zero-order chi connectivity index (χ0) is 16.3. The molecule has 0 unspecified atom stereocenters. The molecule has 0 bridgehead atoms. The molecule has 3 nitrogen and oxygen atoms in total. The first-order chi connectivity index (χ1) is 11.1. The molecule has 0 spiro atoms. The molecule has 3 rings (SSSR count). The van der Waals surface area contributed by atoms with Crippen molar-refractivity contribution in [1.29, 1.82) is 0 Å². The van der Waals surface area contributed by atoms with Gasteiger partial charge in [0.05, 0.1) is 10.6 Å². The fourth-order valence-corrected chi connectivity index (χ4v) is 4.41. The van der Waals surface area contributed by atoms with E-state index in [1.165, 1.54) is 0 Å². The van der Waals surface area contributed by atoms with E-state index in [9.17, 15) is 4.57 Å². The van der Waals surface area contributed by atoms with Crippen LogP contribution in [-0.2, 0) is 4.57 Å². The quantitative estimate of drug-likeness (QED) is 0.585. The Morgan fingerprint density at radius 3 is 1.83 bits per heavy atom. The maximum Gasteiger partial charge on any atom is 0.306 e. The molecule has 0 atom stereocenters. The average Bonchev–Trinajstić information content (AvgIpc) is 2.60. The first-order valence-corrected chi connectivity index (χ1v) is 8.99. The Kier molecular flexibility index (Phi) is 4.22. The summed E-state index contributed by atoms with van der Waals surface area (Å²) in [5.74, 6) is 0.549. The van der Waals surface area contributed by atoms with Gasteiger partial charge in [0.2, 0.25) is 0 Å². The zero-order valence-corrected chi connectivity index (χ0v) is 13.7. The van der Waals surface area contributed by atoms with Crippen LogP contribution in [0.2, 0.25) is 0 Å². The molecule has 0 amide bonds. The second-order valence-corrected chi connectivity index (χ2v) is 7.65. The third-order valence-corrected chi connectivity index (χ3v) is 6.09. The van der Waals surface area contributed by atoms with Crippen molar-refractivity contribution >= 4 is 23.7 Å². The van der Waals surface area contributed by atoms with Gasteiger partial charge in [0.1, 0.15) is 5.75 Å². The first-order valence-electron chi connectivity index (χ1n) is 7.36. The van der Waals surface area contributed by atoms with E-state index in [-0.39, 0.29) is 0 Å². The van der Waals surface area contributed by atoms with E-state index in [0.717, 1.165) is 5.56 Å². The standard InChI is InChI=1S/C19H18NO2P/c1-15-14-16(12-13-19(15)20)22-23(21,17-8-4-2-5-9-17)18-10-6-3-7-11-18/h2-14H,20H2,1H3. The molecule has 116 valence electrons. The summed E-state index contributed by atoms with van der Waals surface area (Å²) in [4.78, 5) is 0. The summed E-state index contributed by atoms with van der Waals surface area (Å²) in [7, 11) is -3.22. The van der Waals surface area contributed by atoms with Crippen LogP contribution in [0.1, 0.15) is 5.56 Å². The normalized spacial score (nSPS) is 11.2. The third kappa shape index (κ3) is 3.15. The number of anilines is 1. The van der Waals surface area contributed by atoms with E-state index < -0.39 is 7.37 Å². The minimum atomic E-state index is -3.22. The minimum absolute atomic E-state index is 0.549. The topological polar surface area (TPSA) is 52.3 Å². The Hall–Kier alpha value is -2.51. The Labute approximate surface area is 136 Å². The van der Waals surface area contributed by atoms with Gasteiger partial charge in [-0.3, -0.25) is 4.57 Å². The maximum absolute atomic E-state index is 13.7. The van der Waals surface area contributed by atoms with E-state index in [0.29, 0.717) is 22.0 Å². The molecule has 0 aliphatic heterocycles. The molecule has 3 aromatic carbocycles. The molecule has 0 fully saturated rings. The van der Waals surface area contributed by atoms with E-state index >= 15 is 0 Å². The monoisotopic (exact) mass is 323 g/mol. The summed E-state index contributed by atoms with van der Waals surface area (Å²) >= 11 is 0. The molecular formula is C19H18NO2P. The van der Waals surface area contributed by atoms with Crippen LogP contribution in [0.3, 0.4) is 0 Å². The van der Waals surface area contributed by atoms with Crippen LogP contribution < -0.4 is 20.9 Å². The SMILES string of the molecule is Cc1cc(OP(=O)(c2ccccc2)c2ccccc2)ccc1N. The summed E-state index contributed by atoms with van der Waals surface area (Å²) in [5, 5.41) is 1.33. The van der Waals surface area contributed by atoms with Crippen molar-refractivity contribution in [1.82, 2.24) is 0 Å². The number of benzene rings is 3. The highest BCUT2D eigenvalue weighted by molar-refractivity contribution is 7.74. The molecule has 4 heteroatoms. The van der Waals surface area contributed by atoms with Gasteiger partial charge in [-0.2, -0.15) is 0 Å². The molecular weight excluding hydrogens is 305 g/mol. The molecule has 0 aromatic heterocycles. The Morgan fingerprint density at radius 2 is 1.35 bits per heavy atom. The van der Waals surface area contributed by atoms with Crippen molar-refractivity contribution in [3.05, 3.63) is 84.4 Å². The van der Waals surface area contributed by atoms with Crippen LogP contribution in [0.25, 0.3) is 0 Å². The lowest BCUT2D eigenvalue weighted by Crippen LogP contribution is -2.20. The minimum Gasteiger partial charge on any atom is -0.437 e. The van der Waals surface area contributed by atoms with Gasteiger partial charge in [-0.05, 0) is 55.0 Å². The molecule has 0 aliphatic carbocycles. The Morgan fingerprint density at radius 1 is 0.826 bits per heavy atom. The van der Waals surface area contributed by atoms with Gasteiger partial charge in [0, 0.05) is 5.69 Å². The lowest BCUT2D eigenvalue weighted by molar-refractivity contribution is 0.502. The third-order valence-electron chi connectivity index (χ3n) is 3.67. The van der Waals surface area contributed by atoms with E-state index in [2.05, 4.69) is 0 Å². The van der Waals surface area contributed by atoms with Gasteiger partial charge >= 0.3 is 7.37 Å². The van der Waals surface area contributed by atoms with Crippen LogP contribution >= 0.6 is 7.37 Å². The highest BCUT2D eigenvalue weighted by Gasteiger charge is 2.29. The van der Waals surface area contributed by atoms with Gasteiger partial charge in [0.15, 0.2) is 0 Å². The van der Waals surface area contributed by atoms with Crippen LogP contribution in [0.4, 0.5) is 5.69 Å². The number of nitrogen functional groups attached to an aromatic ring is 1. The van der Waals surface area contributed by atoms with Crippen molar-refractivity contribution in [3.63, 3.8) is 0 Å². The number of hydrogen-bond acceptors (Lipinski definition) is 3. The number of nitrogens with two attached hydrogens (primary N) is 1. The summed E-state index contributed by atoms with van der Waals surface area (Å²) in [6.45, 7) is 1.90. The summed E-state index contributed by atoms with van der Waals surface area (Å²) in [6, 6.07) is 23.9. The largest absolute Gasteiger partial charge is 0.437 e. The molecule has 2 N–H and O–H groups in total. The average molecular weight is 323 g/mol. The highest BCUT2D eigenvalue weighted by Crippen LogP contribution is 2.45. The lowest BCUT2D eigenvalue weighted by atomic mass is 10.2. The zero-order valence-electron chi connectivity index (χ0n) is 12.8. The van der Waals surface area contributed by atoms with Crippen molar-refractivity contribution in [2.75, 3.05) is 5.73 Å². The summed E-state index contributed by atoms with van der Waals surface area (Å²) in [5.41, 5.74) is 7.44. The van der Waals surface area contributed by atoms with Crippen LogP contribution in [0.15, 0.2) is 78.9 Å². The fourth-order valence-electron chi connectivity index (χ4n) is 2.36. The first kappa shape index (κ1) is 15.4. The molecule has 3 aromatic rings. The van der Waals surface area contributed by atoms with Gasteiger partial charge in [0.25, 0.3) is 0 Å². The summed E-state index contributed by atoms with van der Waals surface area (Å²) in [6.07, 6.45) is 0. The summed E-state index contributed by atoms with van der Waals surface area (Å²) < 4.78 is 19.7. The van der Waals surface area contributed by atoms with Gasteiger partial charge < -0.3 is 10.3 Å². The van der Waals surface area contributed by atoms with Crippen molar-refractivity contribution in [2.24, 2.45) is 0 Å². The fraction of sp³-hybridized carbons (Fsp3) is 0.0526. The number of hydrogen-bond donors (Lipinski definition) is 1. The lowest BCUT2D eigenvalue weighted by Gasteiger charge is -2.20. The van der Waals surface area contributed by atoms with Crippen LogP contribution in [0, 0.1) is 6.92 Å².